The van der Waals surface area contributed by atoms with Crippen molar-refractivity contribution in [2.75, 3.05) is 0 Å². The van der Waals surface area contributed by atoms with Crippen LogP contribution in [0.1, 0.15) is 58.3 Å². The first kappa shape index (κ1) is 21.2. The lowest BCUT2D eigenvalue weighted by atomic mass is 10.1. The van der Waals surface area contributed by atoms with Crippen LogP contribution in [-0.4, -0.2) is 23.3 Å². The van der Waals surface area contributed by atoms with Gasteiger partial charge in [0.15, 0.2) is 0 Å². The highest BCUT2D eigenvalue weighted by molar-refractivity contribution is 5.71. The fourth-order valence-corrected chi connectivity index (χ4v) is 2.46. The van der Waals surface area contributed by atoms with Gasteiger partial charge in [0.1, 0.15) is 6.10 Å². The van der Waals surface area contributed by atoms with Gasteiger partial charge in [0.25, 0.3) is 0 Å². The Morgan fingerprint density at radius 1 is 0.920 bits per heavy atom. The summed E-state index contributed by atoms with van der Waals surface area (Å²) in [6.45, 7) is 2.14. The zero-order valence-corrected chi connectivity index (χ0v) is 15.3. The van der Waals surface area contributed by atoms with Crippen LogP contribution in [0.25, 0.3) is 0 Å². The molecule has 1 saturated heterocycles. The minimum atomic E-state index is -0.583. The average Bonchev–Trinajstić information content (AvgIpc) is 3.04. The van der Waals surface area contributed by atoms with Crippen LogP contribution in [0.4, 0.5) is 0 Å². The van der Waals surface area contributed by atoms with E-state index in [0.29, 0.717) is 19.3 Å². The highest BCUT2D eigenvalue weighted by atomic mass is 16.6. The Bertz CT molecular complexity index is 497. The predicted octanol–water partition coefficient (Wildman–Crippen LogP) is 5.19. The van der Waals surface area contributed by atoms with Gasteiger partial charge in [0, 0.05) is 6.42 Å². The van der Waals surface area contributed by atoms with Crippen molar-refractivity contribution in [3.63, 3.8) is 0 Å². The third-order valence-electron chi connectivity index (χ3n) is 3.88. The summed E-state index contributed by atoms with van der Waals surface area (Å²) in [5.41, 5.74) is 0. The third-order valence-corrected chi connectivity index (χ3v) is 3.88. The monoisotopic (exact) mass is 344 g/mol. The average molecular weight is 344 g/mol. The van der Waals surface area contributed by atoms with E-state index < -0.39 is 6.10 Å². The summed E-state index contributed by atoms with van der Waals surface area (Å²) in [5, 5.41) is 9.91. The molecule has 0 bridgehead atoms. The van der Waals surface area contributed by atoms with Gasteiger partial charge in [-0.05, 0) is 44.9 Å². The van der Waals surface area contributed by atoms with Crippen LogP contribution in [0.15, 0.2) is 60.8 Å². The molecule has 1 heterocycles. The van der Waals surface area contributed by atoms with Crippen molar-refractivity contribution in [2.45, 2.75) is 70.5 Å². The van der Waals surface area contributed by atoms with Crippen molar-refractivity contribution in [1.29, 1.82) is 0 Å². The third kappa shape index (κ3) is 11.3. The molecule has 25 heavy (non-hydrogen) atoms. The van der Waals surface area contributed by atoms with Gasteiger partial charge in [-0.2, -0.15) is 0 Å². The maximum atomic E-state index is 11.0. The fourth-order valence-electron chi connectivity index (χ4n) is 2.46. The van der Waals surface area contributed by atoms with Crippen LogP contribution in [0, 0.1) is 0 Å². The molecule has 3 heteroatoms. The molecule has 0 aromatic heterocycles. The predicted molar refractivity (Wildman–Crippen MR) is 104 cm³/mol. The topological polar surface area (TPSA) is 46.5 Å². The zero-order chi connectivity index (χ0) is 18.2. The van der Waals surface area contributed by atoms with E-state index >= 15 is 0 Å². The lowest BCUT2D eigenvalue weighted by molar-refractivity contribution is -0.145. The molecule has 0 amide bonds. The molecule has 1 N–H and O–H groups in total. The smallest absolute Gasteiger partial charge is 0.306 e. The van der Waals surface area contributed by atoms with E-state index in [-0.39, 0.29) is 12.1 Å². The summed E-state index contributed by atoms with van der Waals surface area (Å²) in [5.74, 6) is -0.201. The molecular weight excluding hydrogens is 312 g/mol. The normalized spacial score (nSPS) is 20.1. The zero-order valence-electron chi connectivity index (χ0n) is 15.3. The van der Waals surface area contributed by atoms with Crippen LogP contribution in [0.3, 0.4) is 0 Å². The lowest BCUT2D eigenvalue weighted by Crippen LogP contribution is -2.24. The SMILES string of the molecule is CC/C=C\C/C=C\C/C=C\C/C=C\C/C=C\CC(O)C1CCC(=O)O1. The molecule has 0 radical (unpaired) electrons. The Hall–Kier alpha value is -1.87. The van der Waals surface area contributed by atoms with E-state index in [1.165, 1.54) is 0 Å². The molecule has 0 aromatic rings. The Morgan fingerprint density at radius 3 is 1.84 bits per heavy atom. The molecule has 3 nitrogen and oxygen atoms in total. The molecule has 0 aliphatic carbocycles. The van der Waals surface area contributed by atoms with E-state index in [1.807, 2.05) is 12.2 Å². The van der Waals surface area contributed by atoms with Gasteiger partial charge in [-0.3, -0.25) is 4.79 Å². The van der Waals surface area contributed by atoms with Crippen molar-refractivity contribution >= 4 is 5.97 Å². The minimum Gasteiger partial charge on any atom is -0.460 e. The molecule has 2 atom stereocenters. The van der Waals surface area contributed by atoms with Crippen molar-refractivity contribution < 1.29 is 14.6 Å². The second-order valence-corrected chi connectivity index (χ2v) is 6.08. The number of carbonyl (C=O) groups excluding carboxylic acids is 1. The first-order chi connectivity index (χ1) is 12.2. The first-order valence-corrected chi connectivity index (χ1v) is 9.36. The second-order valence-electron chi connectivity index (χ2n) is 6.08. The number of aliphatic hydroxyl groups is 1. The van der Waals surface area contributed by atoms with Gasteiger partial charge in [0.2, 0.25) is 0 Å². The molecule has 0 saturated carbocycles. The number of allylic oxidation sites excluding steroid dienone is 9. The summed E-state index contributed by atoms with van der Waals surface area (Å²) in [7, 11) is 0. The number of aliphatic hydroxyl groups excluding tert-OH is 1. The Labute approximate surface area is 152 Å². The van der Waals surface area contributed by atoms with Crippen LogP contribution >= 0.6 is 0 Å². The quantitative estimate of drug-likeness (QED) is 0.391. The molecule has 2 unspecified atom stereocenters. The molecule has 0 aromatic carbocycles. The molecule has 0 spiro atoms. The van der Waals surface area contributed by atoms with Gasteiger partial charge in [-0.15, -0.1) is 0 Å². The Morgan fingerprint density at radius 2 is 1.40 bits per heavy atom. The molecule has 1 aliphatic rings. The van der Waals surface area contributed by atoms with E-state index in [1.54, 1.807) is 0 Å². The number of rotatable bonds is 12. The second kappa shape index (κ2) is 14.5. The van der Waals surface area contributed by atoms with E-state index in [2.05, 4.69) is 55.5 Å². The fraction of sp³-hybridized carbons (Fsp3) is 0.500. The highest BCUT2D eigenvalue weighted by Crippen LogP contribution is 2.19. The number of carbonyl (C=O) groups is 1. The van der Waals surface area contributed by atoms with E-state index in [9.17, 15) is 9.90 Å². The number of esters is 1. The Kier molecular flexibility index (Phi) is 12.3. The number of hydrogen-bond donors (Lipinski definition) is 1. The summed E-state index contributed by atoms with van der Waals surface area (Å²) in [4.78, 5) is 11.0. The number of ether oxygens (including phenoxy) is 1. The molecule has 1 fully saturated rings. The molecule has 1 rings (SSSR count). The maximum absolute atomic E-state index is 11.0. The van der Waals surface area contributed by atoms with E-state index in [4.69, 9.17) is 4.74 Å². The van der Waals surface area contributed by atoms with Crippen molar-refractivity contribution in [2.24, 2.45) is 0 Å². The highest BCUT2D eigenvalue weighted by Gasteiger charge is 2.28. The summed E-state index contributed by atoms with van der Waals surface area (Å²) < 4.78 is 5.05. The van der Waals surface area contributed by atoms with Crippen molar-refractivity contribution in [1.82, 2.24) is 0 Å². The van der Waals surface area contributed by atoms with Crippen LogP contribution in [0.2, 0.25) is 0 Å². The largest absolute Gasteiger partial charge is 0.460 e. The van der Waals surface area contributed by atoms with Gasteiger partial charge in [-0.1, -0.05) is 67.7 Å². The lowest BCUT2D eigenvalue weighted by Gasteiger charge is -2.14. The minimum absolute atomic E-state index is 0.201. The maximum Gasteiger partial charge on any atom is 0.306 e. The molecule has 138 valence electrons. The van der Waals surface area contributed by atoms with Gasteiger partial charge in [-0.25, -0.2) is 0 Å². The van der Waals surface area contributed by atoms with Gasteiger partial charge < -0.3 is 9.84 Å². The molecular formula is C22H32O3. The Balaban J connectivity index is 2.01. The number of hydrogen-bond acceptors (Lipinski definition) is 3. The molecule has 1 aliphatic heterocycles. The number of cyclic esters (lactones) is 1. The van der Waals surface area contributed by atoms with Crippen molar-refractivity contribution in [3.8, 4) is 0 Å². The van der Waals surface area contributed by atoms with Crippen molar-refractivity contribution in [3.05, 3.63) is 60.8 Å². The summed E-state index contributed by atoms with van der Waals surface area (Å²) in [6.07, 6.45) is 26.9. The summed E-state index contributed by atoms with van der Waals surface area (Å²) >= 11 is 0. The summed E-state index contributed by atoms with van der Waals surface area (Å²) in [6, 6.07) is 0. The van der Waals surface area contributed by atoms with Crippen LogP contribution in [-0.2, 0) is 9.53 Å². The first-order valence-electron chi connectivity index (χ1n) is 9.36. The standard InChI is InChI=1S/C22H32O3/c1-2-3-4-5-6-7-8-9-10-11-12-13-14-15-16-17-20(23)21-18-19-22(24)25-21/h3-4,6-7,9-10,12-13,15-16,20-21,23H,2,5,8,11,14,17-19H2,1H3/b4-3-,7-6-,10-9-,13-12-,16-15-. The van der Waals surface area contributed by atoms with Crippen LogP contribution < -0.4 is 0 Å². The van der Waals surface area contributed by atoms with Gasteiger partial charge in [0.05, 0.1) is 6.10 Å². The van der Waals surface area contributed by atoms with Crippen LogP contribution in [0.5, 0.6) is 0 Å². The van der Waals surface area contributed by atoms with Gasteiger partial charge >= 0.3 is 5.97 Å². The van der Waals surface area contributed by atoms with E-state index in [0.717, 1.165) is 32.1 Å².